The molecule has 1 aliphatic rings. The Balaban J connectivity index is 1.90. The van der Waals surface area contributed by atoms with Crippen LogP contribution in [0, 0.1) is 0 Å². The molecular formula is C35H54N10O7. The maximum Gasteiger partial charge on any atom is 0.243 e. The fourth-order valence-corrected chi connectivity index (χ4v) is 5.74. The Morgan fingerprint density at radius 1 is 0.769 bits per heavy atom. The summed E-state index contributed by atoms with van der Waals surface area (Å²) in [6, 6.07) is 4.23. The lowest BCUT2D eigenvalue weighted by Crippen LogP contribution is -2.58. The molecule has 0 spiro atoms. The summed E-state index contributed by atoms with van der Waals surface area (Å²) in [5.41, 5.74) is 31.0. The lowest BCUT2D eigenvalue weighted by Gasteiger charge is -2.26. The van der Waals surface area contributed by atoms with Crippen LogP contribution in [0.5, 0.6) is 11.5 Å². The molecule has 17 heteroatoms. The van der Waals surface area contributed by atoms with Crippen LogP contribution >= 0.6 is 0 Å². The van der Waals surface area contributed by atoms with Gasteiger partial charge in [0, 0.05) is 32.5 Å². The fourth-order valence-electron chi connectivity index (χ4n) is 5.74. The van der Waals surface area contributed by atoms with E-state index in [1.165, 1.54) is 12.1 Å². The van der Waals surface area contributed by atoms with Crippen molar-refractivity contribution in [2.24, 2.45) is 28.7 Å². The Morgan fingerprint density at radius 2 is 1.38 bits per heavy atom. The first-order valence-electron chi connectivity index (χ1n) is 17.6. The van der Waals surface area contributed by atoms with E-state index in [0.29, 0.717) is 54.5 Å². The zero-order chi connectivity index (χ0) is 38.2. The molecule has 0 aromatic heterocycles. The van der Waals surface area contributed by atoms with E-state index in [0.717, 1.165) is 0 Å². The third-order valence-corrected chi connectivity index (χ3v) is 8.76. The molecule has 0 saturated carbocycles. The summed E-state index contributed by atoms with van der Waals surface area (Å²) in [5.74, 6) is -3.10. The molecule has 2 aromatic rings. The molecule has 1 heterocycles. The topological polar surface area (TPSA) is 316 Å². The number of carbonyl (C=O) groups excluding carboxylic acids is 5. The number of nitrogens with two attached hydrogens (primary N) is 5. The average molecular weight is 727 g/mol. The predicted molar refractivity (Wildman–Crippen MR) is 195 cm³/mol. The average Bonchev–Trinajstić information content (AvgIpc) is 3.13. The van der Waals surface area contributed by atoms with Crippen molar-refractivity contribution in [2.75, 3.05) is 32.7 Å². The minimum atomic E-state index is -1.31. The zero-order valence-corrected chi connectivity index (χ0v) is 29.4. The van der Waals surface area contributed by atoms with Gasteiger partial charge in [0.15, 0.2) is 0 Å². The SMILES string of the molecule is NCCC[C@H](NC(=O)[C@@H]1Cc2cc(ccc2O)-c2ccc(O)c(c2)C[C@H](N)C(=O)N[C@@H](CCCN)C(=O)N1)C(=O)NCCC[C@H](N)C(=O)NCCN. The van der Waals surface area contributed by atoms with Gasteiger partial charge in [-0.25, -0.2) is 0 Å². The van der Waals surface area contributed by atoms with Crippen molar-refractivity contribution in [2.45, 2.75) is 81.6 Å². The number of aromatic hydroxyl groups is 2. The van der Waals surface area contributed by atoms with E-state index in [4.69, 9.17) is 28.7 Å². The Labute approximate surface area is 303 Å². The molecule has 0 fully saturated rings. The molecule has 0 aliphatic carbocycles. The highest BCUT2D eigenvalue weighted by molar-refractivity contribution is 5.95. The van der Waals surface area contributed by atoms with E-state index >= 15 is 0 Å². The van der Waals surface area contributed by atoms with Gasteiger partial charge in [-0.05, 0) is 98.1 Å². The van der Waals surface area contributed by atoms with Gasteiger partial charge < -0.3 is 65.5 Å². The van der Waals surface area contributed by atoms with Crippen LogP contribution in [0.15, 0.2) is 36.4 Å². The number of phenols is 2. The Kier molecular flexibility index (Phi) is 16.7. The lowest BCUT2D eigenvalue weighted by atomic mass is 9.95. The van der Waals surface area contributed by atoms with Crippen molar-refractivity contribution >= 4 is 29.5 Å². The minimum Gasteiger partial charge on any atom is -0.508 e. The number of phenolic OH excluding ortho intramolecular Hbond substituents is 2. The van der Waals surface area contributed by atoms with E-state index in [9.17, 15) is 34.2 Å². The molecule has 17 N–H and O–H groups in total. The van der Waals surface area contributed by atoms with Crippen molar-refractivity contribution < 1.29 is 34.2 Å². The van der Waals surface area contributed by atoms with Crippen molar-refractivity contribution in [3.63, 3.8) is 0 Å². The summed E-state index contributed by atoms with van der Waals surface area (Å²) in [4.78, 5) is 66.2. The van der Waals surface area contributed by atoms with Crippen LogP contribution in [0.2, 0.25) is 0 Å². The number of rotatable bonds is 16. The van der Waals surface area contributed by atoms with Gasteiger partial charge in [0.05, 0.1) is 12.1 Å². The third-order valence-electron chi connectivity index (χ3n) is 8.76. The number of fused-ring (bicyclic) bond motifs is 5. The maximum absolute atomic E-state index is 14.0. The first kappa shape index (κ1) is 41.6. The van der Waals surface area contributed by atoms with E-state index < -0.39 is 53.8 Å². The highest BCUT2D eigenvalue weighted by atomic mass is 16.3. The quantitative estimate of drug-likeness (QED) is 0.0794. The number of hydrogen-bond acceptors (Lipinski definition) is 12. The first-order chi connectivity index (χ1) is 24.9. The molecular weight excluding hydrogens is 672 g/mol. The second-order valence-corrected chi connectivity index (χ2v) is 12.9. The van der Waals surface area contributed by atoms with Crippen molar-refractivity contribution in [1.29, 1.82) is 0 Å². The van der Waals surface area contributed by atoms with E-state index in [1.54, 1.807) is 24.3 Å². The second kappa shape index (κ2) is 20.9. The fraction of sp³-hybridized carbons (Fsp3) is 0.514. The molecule has 2 aromatic carbocycles. The molecule has 1 aliphatic heterocycles. The largest absolute Gasteiger partial charge is 0.508 e. The molecule has 3 rings (SSSR count). The smallest absolute Gasteiger partial charge is 0.243 e. The molecule has 0 unspecified atom stereocenters. The number of carbonyl (C=O) groups is 5. The van der Waals surface area contributed by atoms with Gasteiger partial charge in [-0.2, -0.15) is 0 Å². The number of nitrogens with one attached hydrogen (secondary N) is 5. The second-order valence-electron chi connectivity index (χ2n) is 12.9. The zero-order valence-electron chi connectivity index (χ0n) is 29.4. The number of hydrogen-bond donors (Lipinski definition) is 12. The van der Waals surface area contributed by atoms with Crippen LogP contribution in [-0.4, -0.2) is 103 Å². The Hall–Kier alpha value is -4.81. The van der Waals surface area contributed by atoms with Gasteiger partial charge in [0.25, 0.3) is 0 Å². The van der Waals surface area contributed by atoms with Gasteiger partial charge in [-0.1, -0.05) is 12.1 Å². The predicted octanol–water partition coefficient (Wildman–Crippen LogP) is -2.58. The van der Waals surface area contributed by atoms with E-state index in [1.807, 2.05) is 0 Å². The normalized spacial score (nSPS) is 18.8. The molecule has 0 radical (unpaired) electrons. The molecule has 0 saturated heterocycles. The van der Waals surface area contributed by atoms with Gasteiger partial charge in [0.2, 0.25) is 29.5 Å². The molecule has 5 amide bonds. The first-order valence-corrected chi connectivity index (χ1v) is 17.6. The number of amides is 5. The molecule has 286 valence electrons. The van der Waals surface area contributed by atoms with Gasteiger partial charge in [-0.15, -0.1) is 0 Å². The lowest BCUT2D eigenvalue weighted by molar-refractivity contribution is -0.134. The monoisotopic (exact) mass is 726 g/mol. The van der Waals surface area contributed by atoms with Crippen LogP contribution in [-0.2, 0) is 36.8 Å². The van der Waals surface area contributed by atoms with Crippen LogP contribution in [0.3, 0.4) is 0 Å². The molecule has 52 heavy (non-hydrogen) atoms. The van der Waals surface area contributed by atoms with E-state index in [2.05, 4.69) is 26.6 Å². The van der Waals surface area contributed by atoms with Crippen molar-refractivity contribution in [1.82, 2.24) is 26.6 Å². The summed E-state index contributed by atoms with van der Waals surface area (Å²) >= 11 is 0. The standard InChI is InChI=1S/C35H54N10O7/c36-11-1-5-26(33(50)41-14-3-4-24(39)31(48)42-15-13-38)44-35(52)28-19-23-17-21(8-10-30(23)47)20-7-9-29(46)22(16-20)18-25(40)32(49)43-27(6-2-12-37)34(51)45-28/h7-10,16-17,24-28,46-47H,1-6,11-15,18-19,36-40H2,(H,41,50)(H,42,48)(H,43,49)(H,44,52)(H,45,51)/t24-,25-,26-,27-,28-/m0/s1. The minimum absolute atomic E-state index is 0.0319. The molecule has 5 atom stereocenters. The van der Waals surface area contributed by atoms with Crippen LogP contribution < -0.4 is 55.3 Å². The third kappa shape index (κ3) is 12.4. The van der Waals surface area contributed by atoms with Crippen LogP contribution in [0.1, 0.15) is 49.7 Å². The van der Waals surface area contributed by atoms with E-state index in [-0.39, 0.29) is 69.3 Å². The van der Waals surface area contributed by atoms with Crippen LogP contribution in [0.25, 0.3) is 11.1 Å². The summed E-state index contributed by atoms with van der Waals surface area (Å²) in [6.07, 6.45) is 1.54. The maximum atomic E-state index is 14.0. The van der Waals surface area contributed by atoms with Gasteiger partial charge >= 0.3 is 0 Å². The summed E-state index contributed by atoms with van der Waals surface area (Å²) in [5, 5.41) is 34.9. The highest BCUT2D eigenvalue weighted by Gasteiger charge is 2.31. The van der Waals surface area contributed by atoms with Crippen LogP contribution in [0.4, 0.5) is 0 Å². The Bertz CT molecular complexity index is 1540. The van der Waals surface area contributed by atoms with Gasteiger partial charge in [-0.3, -0.25) is 24.0 Å². The Morgan fingerprint density at radius 3 is 2.00 bits per heavy atom. The molecule has 17 nitrogen and oxygen atoms in total. The highest BCUT2D eigenvalue weighted by Crippen LogP contribution is 2.31. The summed E-state index contributed by atoms with van der Waals surface area (Å²) in [6.45, 7) is 1.23. The van der Waals surface area contributed by atoms with Gasteiger partial charge in [0.1, 0.15) is 29.6 Å². The molecule has 4 bridgehead atoms. The van der Waals surface area contributed by atoms with Crippen molar-refractivity contribution in [3.05, 3.63) is 47.5 Å². The van der Waals surface area contributed by atoms with Crippen molar-refractivity contribution in [3.8, 4) is 22.6 Å². The summed E-state index contributed by atoms with van der Waals surface area (Å²) in [7, 11) is 0. The number of benzene rings is 2. The summed E-state index contributed by atoms with van der Waals surface area (Å²) < 4.78 is 0.